The number of aliphatic imine (C=N–C) groups is 1. The molecule has 0 heterocycles. The quantitative estimate of drug-likeness (QED) is 0.349. The molecule has 0 aliphatic heterocycles. The van der Waals surface area contributed by atoms with Crippen molar-refractivity contribution in [2.45, 2.75) is 70.3 Å². The van der Waals surface area contributed by atoms with Crippen LogP contribution >= 0.6 is 0 Å². The maximum atomic E-state index is 5.69. The van der Waals surface area contributed by atoms with Crippen molar-refractivity contribution in [2.24, 2.45) is 28.6 Å². The summed E-state index contributed by atoms with van der Waals surface area (Å²) in [5.41, 5.74) is 2.89. The van der Waals surface area contributed by atoms with Gasteiger partial charge in [0.2, 0.25) is 0 Å². The first-order valence-electron chi connectivity index (χ1n) is 7.88. The summed E-state index contributed by atoms with van der Waals surface area (Å²) >= 11 is 0. The van der Waals surface area contributed by atoms with Gasteiger partial charge in [-0.3, -0.25) is 4.99 Å². The van der Waals surface area contributed by atoms with Crippen LogP contribution in [-0.4, -0.2) is 11.9 Å². The fraction of sp³-hybridized carbons (Fsp3) is 0.933. The van der Waals surface area contributed by atoms with Gasteiger partial charge in [0.05, 0.1) is 6.04 Å². The van der Waals surface area contributed by atoms with Gasteiger partial charge in [0, 0.05) is 6.42 Å². The van der Waals surface area contributed by atoms with Gasteiger partial charge in [0.1, 0.15) is 5.84 Å². The maximum absolute atomic E-state index is 5.69. The minimum Gasteiger partial charge on any atom is -0.312 e. The summed E-state index contributed by atoms with van der Waals surface area (Å²) in [5.74, 6) is 9.63. The van der Waals surface area contributed by atoms with Gasteiger partial charge < -0.3 is 5.43 Å². The first-order valence-corrected chi connectivity index (χ1v) is 7.88. The molecule has 2 bridgehead atoms. The number of rotatable bonds is 3. The highest BCUT2D eigenvalue weighted by Crippen LogP contribution is 2.49. The molecule has 0 aromatic carbocycles. The summed E-state index contributed by atoms with van der Waals surface area (Å²) in [5, 5.41) is 0. The van der Waals surface area contributed by atoms with Gasteiger partial charge in [-0.05, 0) is 49.9 Å². The third kappa shape index (κ3) is 2.71. The Bertz CT molecular complexity index is 307. The Kier molecular flexibility index (Phi) is 3.88. The van der Waals surface area contributed by atoms with Crippen LogP contribution in [0.4, 0.5) is 0 Å². The van der Waals surface area contributed by atoms with Gasteiger partial charge in [-0.2, -0.15) is 0 Å². The molecule has 3 heteroatoms. The summed E-state index contributed by atoms with van der Waals surface area (Å²) < 4.78 is 0. The van der Waals surface area contributed by atoms with Gasteiger partial charge >= 0.3 is 0 Å². The fourth-order valence-electron chi connectivity index (χ4n) is 4.45. The molecular formula is C15H27N3. The first-order chi connectivity index (χ1) is 8.85. The Hall–Kier alpha value is -0.570. The van der Waals surface area contributed by atoms with Gasteiger partial charge in [-0.25, -0.2) is 5.84 Å². The fourth-order valence-corrected chi connectivity index (χ4v) is 4.45. The van der Waals surface area contributed by atoms with Crippen LogP contribution in [-0.2, 0) is 0 Å². The molecule has 3 nitrogen and oxygen atoms in total. The molecule has 0 amide bonds. The Labute approximate surface area is 111 Å². The van der Waals surface area contributed by atoms with Crippen LogP contribution < -0.4 is 11.3 Å². The zero-order valence-electron chi connectivity index (χ0n) is 11.4. The van der Waals surface area contributed by atoms with Gasteiger partial charge in [-0.1, -0.05) is 25.7 Å². The third-order valence-electron chi connectivity index (χ3n) is 5.42. The smallest absolute Gasteiger partial charge is 0.111 e. The van der Waals surface area contributed by atoms with Crippen LogP contribution in [0.3, 0.4) is 0 Å². The van der Waals surface area contributed by atoms with Crippen LogP contribution in [0, 0.1) is 17.8 Å². The molecule has 102 valence electrons. The Balaban J connectivity index is 1.56. The topological polar surface area (TPSA) is 50.4 Å². The molecule has 0 saturated heterocycles. The lowest BCUT2D eigenvalue weighted by Crippen LogP contribution is -2.34. The predicted molar refractivity (Wildman–Crippen MR) is 75.2 cm³/mol. The highest BCUT2D eigenvalue weighted by molar-refractivity contribution is 5.82. The predicted octanol–water partition coefficient (Wildman–Crippen LogP) is 3.01. The molecule has 3 saturated carbocycles. The van der Waals surface area contributed by atoms with E-state index in [0.717, 1.165) is 30.0 Å². The highest BCUT2D eigenvalue weighted by Gasteiger charge is 2.39. The van der Waals surface area contributed by atoms with Crippen LogP contribution in [0.5, 0.6) is 0 Å². The molecule has 3 aliphatic carbocycles. The average molecular weight is 249 g/mol. The van der Waals surface area contributed by atoms with Gasteiger partial charge in [-0.15, -0.1) is 0 Å². The normalized spacial score (nSPS) is 37.2. The maximum Gasteiger partial charge on any atom is 0.111 e. The number of hydrogen-bond acceptors (Lipinski definition) is 2. The number of nitrogens with one attached hydrogen (secondary N) is 1. The summed E-state index contributed by atoms with van der Waals surface area (Å²) in [6.45, 7) is 0. The summed E-state index contributed by atoms with van der Waals surface area (Å²) in [7, 11) is 0. The van der Waals surface area contributed by atoms with Crippen molar-refractivity contribution in [2.75, 3.05) is 0 Å². The third-order valence-corrected chi connectivity index (χ3v) is 5.42. The zero-order chi connectivity index (χ0) is 12.4. The Morgan fingerprint density at radius 2 is 1.89 bits per heavy atom. The van der Waals surface area contributed by atoms with Crippen LogP contribution in [0.2, 0.25) is 0 Å². The van der Waals surface area contributed by atoms with E-state index in [2.05, 4.69) is 5.43 Å². The van der Waals surface area contributed by atoms with Crippen molar-refractivity contribution in [3.8, 4) is 0 Å². The summed E-state index contributed by atoms with van der Waals surface area (Å²) in [6, 6.07) is 0.545. The number of nitrogens with two attached hydrogens (primary N) is 1. The Morgan fingerprint density at radius 3 is 2.50 bits per heavy atom. The molecule has 0 aromatic rings. The minimum absolute atomic E-state index is 0.545. The lowest BCUT2D eigenvalue weighted by Gasteiger charge is -2.24. The second kappa shape index (κ2) is 5.60. The second-order valence-corrected chi connectivity index (χ2v) is 6.65. The van der Waals surface area contributed by atoms with E-state index in [9.17, 15) is 0 Å². The van der Waals surface area contributed by atoms with E-state index in [1.54, 1.807) is 0 Å². The van der Waals surface area contributed by atoms with Gasteiger partial charge in [0.25, 0.3) is 0 Å². The zero-order valence-corrected chi connectivity index (χ0v) is 11.4. The van der Waals surface area contributed by atoms with E-state index >= 15 is 0 Å². The summed E-state index contributed by atoms with van der Waals surface area (Å²) in [4.78, 5) is 4.88. The van der Waals surface area contributed by atoms with Crippen LogP contribution in [0.25, 0.3) is 0 Å². The lowest BCUT2D eigenvalue weighted by molar-refractivity contribution is 0.339. The van der Waals surface area contributed by atoms with Crippen molar-refractivity contribution in [1.82, 2.24) is 5.43 Å². The van der Waals surface area contributed by atoms with E-state index < -0.39 is 0 Å². The van der Waals surface area contributed by atoms with Crippen molar-refractivity contribution in [3.63, 3.8) is 0 Å². The number of hydrazine groups is 1. The van der Waals surface area contributed by atoms with Crippen molar-refractivity contribution < 1.29 is 0 Å². The van der Waals surface area contributed by atoms with Crippen molar-refractivity contribution in [3.05, 3.63) is 0 Å². The Morgan fingerprint density at radius 1 is 1.06 bits per heavy atom. The molecule has 0 radical (unpaired) electrons. The van der Waals surface area contributed by atoms with E-state index in [4.69, 9.17) is 10.8 Å². The van der Waals surface area contributed by atoms with Crippen molar-refractivity contribution >= 4 is 5.84 Å². The monoisotopic (exact) mass is 249 g/mol. The largest absolute Gasteiger partial charge is 0.312 e. The molecule has 3 rings (SSSR count). The summed E-state index contributed by atoms with van der Waals surface area (Å²) in [6.07, 6.45) is 13.6. The van der Waals surface area contributed by atoms with E-state index in [1.165, 1.54) is 57.8 Å². The number of amidine groups is 1. The SMILES string of the molecule is NNC(CC1CC2CCC1C2)=NC1CCCCC1. The molecule has 3 aliphatic rings. The molecule has 3 fully saturated rings. The molecule has 3 unspecified atom stereocenters. The van der Waals surface area contributed by atoms with Gasteiger partial charge in [0.15, 0.2) is 0 Å². The van der Waals surface area contributed by atoms with Crippen molar-refractivity contribution in [1.29, 1.82) is 0 Å². The van der Waals surface area contributed by atoms with E-state index in [-0.39, 0.29) is 0 Å². The lowest BCUT2D eigenvalue weighted by atomic mass is 9.86. The number of fused-ring (bicyclic) bond motifs is 2. The molecule has 3 N–H and O–H groups in total. The van der Waals surface area contributed by atoms with Crippen LogP contribution in [0.1, 0.15) is 64.2 Å². The number of hydrogen-bond donors (Lipinski definition) is 2. The van der Waals surface area contributed by atoms with E-state index in [1.807, 2.05) is 0 Å². The molecule has 0 aromatic heterocycles. The molecule has 18 heavy (non-hydrogen) atoms. The number of nitrogens with zero attached hydrogens (tertiary/aromatic N) is 1. The highest BCUT2D eigenvalue weighted by atomic mass is 15.3. The first kappa shape index (κ1) is 12.5. The van der Waals surface area contributed by atoms with E-state index in [0.29, 0.717) is 6.04 Å². The molecule has 0 spiro atoms. The average Bonchev–Trinajstić information content (AvgIpc) is 3.01. The molecular weight excluding hydrogens is 222 g/mol. The standard InChI is InChI=1S/C15H27N3/c16-18-15(17-14-4-2-1-3-5-14)10-13-9-11-6-7-12(13)8-11/h11-14H,1-10,16H2,(H,17,18). The molecule has 3 atom stereocenters. The van der Waals surface area contributed by atoms with Crippen LogP contribution in [0.15, 0.2) is 4.99 Å². The second-order valence-electron chi connectivity index (χ2n) is 6.65. The minimum atomic E-state index is 0.545.